The summed E-state index contributed by atoms with van der Waals surface area (Å²) in [7, 11) is 0. The number of benzene rings is 6. The predicted octanol–water partition coefficient (Wildman–Crippen LogP) is 12.9. The molecule has 0 saturated heterocycles. The van der Waals surface area contributed by atoms with Gasteiger partial charge < -0.3 is 13.9 Å². The number of fused-ring (bicyclic) bond motifs is 6. The summed E-state index contributed by atoms with van der Waals surface area (Å²) in [6, 6.07) is 63.2. The molecule has 5 aromatic heterocycles. The van der Waals surface area contributed by atoms with Crippen molar-refractivity contribution in [3.05, 3.63) is 201 Å². The molecule has 6 heteroatoms. The minimum atomic E-state index is 0.742. The van der Waals surface area contributed by atoms with Crippen molar-refractivity contribution in [2.45, 2.75) is 0 Å². The predicted molar refractivity (Wildman–Crippen MR) is 231 cm³/mol. The Morgan fingerprint density at radius 3 is 1.40 bits per heavy atom. The standard InChI is InChI=1S/C51H33N5O/c1-3-15-46-43(12-1)50-48(17-8-28-53-50)55(46)39-23-19-34(20-24-39)37-30-38(33-42(32-37)57-41-11-7-10-36(31-41)45-14-5-6-27-52-45)35-21-25-40(26-22-35)56-47-16-4-2-13-44(47)51-49(56)18-9-29-54-51/h1-33H. The Kier molecular flexibility index (Phi) is 7.71. The fraction of sp³-hybridized carbons (Fsp3) is 0. The summed E-state index contributed by atoms with van der Waals surface area (Å²) >= 11 is 0. The van der Waals surface area contributed by atoms with Crippen LogP contribution in [-0.4, -0.2) is 24.1 Å². The Bertz CT molecular complexity index is 2970. The first-order valence-corrected chi connectivity index (χ1v) is 19.0. The summed E-state index contributed by atoms with van der Waals surface area (Å²) in [5.41, 5.74) is 14.7. The van der Waals surface area contributed by atoms with Crippen molar-refractivity contribution in [1.82, 2.24) is 24.1 Å². The molecule has 0 bridgehead atoms. The monoisotopic (exact) mass is 731 g/mol. The summed E-state index contributed by atoms with van der Waals surface area (Å²) < 4.78 is 11.2. The molecule has 0 aliphatic rings. The Morgan fingerprint density at radius 1 is 0.333 bits per heavy atom. The first-order chi connectivity index (χ1) is 28.2. The van der Waals surface area contributed by atoms with E-state index in [2.05, 4.69) is 148 Å². The van der Waals surface area contributed by atoms with E-state index in [1.165, 1.54) is 0 Å². The third-order valence-electron chi connectivity index (χ3n) is 10.7. The molecule has 57 heavy (non-hydrogen) atoms. The number of hydrogen-bond acceptors (Lipinski definition) is 4. The molecule has 0 fully saturated rings. The lowest BCUT2D eigenvalue weighted by Crippen LogP contribution is -1.95. The molecule has 6 nitrogen and oxygen atoms in total. The van der Waals surface area contributed by atoms with Crippen molar-refractivity contribution < 1.29 is 4.74 Å². The Morgan fingerprint density at radius 2 is 0.842 bits per heavy atom. The van der Waals surface area contributed by atoms with Crippen LogP contribution in [0.5, 0.6) is 11.5 Å². The molecule has 0 radical (unpaired) electrons. The number of rotatable bonds is 7. The van der Waals surface area contributed by atoms with Crippen LogP contribution in [0.1, 0.15) is 0 Å². The normalized spacial score (nSPS) is 11.5. The van der Waals surface area contributed by atoms with E-state index in [1.807, 2.05) is 67.1 Å². The molecule has 0 N–H and O–H groups in total. The van der Waals surface area contributed by atoms with Gasteiger partial charge in [0.2, 0.25) is 0 Å². The van der Waals surface area contributed by atoms with Crippen LogP contribution in [-0.2, 0) is 0 Å². The molecule has 11 rings (SSSR count). The average Bonchev–Trinajstić information content (AvgIpc) is 3.80. The molecule has 268 valence electrons. The minimum Gasteiger partial charge on any atom is -0.457 e. The largest absolute Gasteiger partial charge is 0.457 e. The number of pyridine rings is 3. The maximum absolute atomic E-state index is 6.67. The van der Waals surface area contributed by atoms with Crippen LogP contribution in [0.15, 0.2) is 201 Å². The van der Waals surface area contributed by atoms with E-state index < -0.39 is 0 Å². The quantitative estimate of drug-likeness (QED) is 0.164. The maximum atomic E-state index is 6.67. The second kappa shape index (κ2) is 13.5. The molecule has 6 aromatic carbocycles. The molecule has 0 atom stereocenters. The molecule has 0 saturated carbocycles. The maximum Gasteiger partial charge on any atom is 0.128 e. The van der Waals surface area contributed by atoms with Crippen molar-refractivity contribution in [1.29, 1.82) is 0 Å². The zero-order valence-electron chi connectivity index (χ0n) is 30.7. The summed E-state index contributed by atoms with van der Waals surface area (Å²) in [4.78, 5) is 14.0. The topological polar surface area (TPSA) is 57.8 Å². The van der Waals surface area contributed by atoms with Crippen LogP contribution < -0.4 is 4.74 Å². The second-order valence-corrected chi connectivity index (χ2v) is 14.1. The minimum absolute atomic E-state index is 0.742. The highest BCUT2D eigenvalue weighted by molar-refractivity contribution is 6.08. The van der Waals surface area contributed by atoms with E-state index in [0.29, 0.717) is 0 Å². The van der Waals surface area contributed by atoms with Gasteiger partial charge in [0.05, 0.1) is 38.8 Å². The number of ether oxygens (including phenoxy) is 1. The number of hydrogen-bond donors (Lipinski definition) is 0. The summed E-state index contributed by atoms with van der Waals surface area (Å²) in [6.07, 6.45) is 5.53. The van der Waals surface area contributed by atoms with Crippen LogP contribution >= 0.6 is 0 Å². The summed E-state index contributed by atoms with van der Waals surface area (Å²) in [6.45, 7) is 0. The summed E-state index contributed by atoms with van der Waals surface area (Å²) in [5, 5.41) is 2.28. The average molecular weight is 732 g/mol. The molecule has 0 aliphatic heterocycles. The molecule has 0 aliphatic carbocycles. The number of nitrogens with zero attached hydrogens (tertiary/aromatic N) is 5. The van der Waals surface area contributed by atoms with Gasteiger partial charge in [0.15, 0.2) is 0 Å². The van der Waals surface area contributed by atoms with Crippen LogP contribution in [0.25, 0.3) is 88.8 Å². The van der Waals surface area contributed by atoms with E-state index in [0.717, 1.165) is 100 Å². The molecule has 11 aromatic rings. The highest BCUT2D eigenvalue weighted by Gasteiger charge is 2.15. The molecular formula is C51H33N5O. The van der Waals surface area contributed by atoms with Crippen molar-refractivity contribution in [3.8, 4) is 56.4 Å². The van der Waals surface area contributed by atoms with Gasteiger partial charge in [0, 0.05) is 46.3 Å². The SMILES string of the molecule is c1ccc(-c2cccc(Oc3cc(-c4ccc(-n5c6ccccc6c6ncccc65)cc4)cc(-c4ccc(-n5c6ccccc6c6ncccc65)cc4)c3)c2)nc1. The Labute approximate surface area is 328 Å². The zero-order chi connectivity index (χ0) is 37.7. The lowest BCUT2D eigenvalue weighted by molar-refractivity contribution is 0.483. The van der Waals surface area contributed by atoms with E-state index in [4.69, 9.17) is 14.7 Å². The van der Waals surface area contributed by atoms with Crippen LogP contribution in [0.3, 0.4) is 0 Å². The van der Waals surface area contributed by atoms with Crippen molar-refractivity contribution in [2.75, 3.05) is 0 Å². The van der Waals surface area contributed by atoms with Crippen molar-refractivity contribution in [3.63, 3.8) is 0 Å². The van der Waals surface area contributed by atoms with Gasteiger partial charge in [-0.1, -0.05) is 78.9 Å². The lowest BCUT2D eigenvalue weighted by Gasteiger charge is -2.14. The van der Waals surface area contributed by atoms with Gasteiger partial charge in [-0.05, 0) is 125 Å². The summed E-state index contributed by atoms with van der Waals surface area (Å²) in [5.74, 6) is 1.49. The van der Waals surface area contributed by atoms with Crippen LogP contribution in [0, 0.1) is 0 Å². The molecule has 0 spiro atoms. The van der Waals surface area contributed by atoms with Crippen LogP contribution in [0.2, 0.25) is 0 Å². The molecule has 5 heterocycles. The Balaban J connectivity index is 1.00. The first kappa shape index (κ1) is 32.6. The van der Waals surface area contributed by atoms with Crippen LogP contribution in [0.4, 0.5) is 0 Å². The van der Waals surface area contributed by atoms with Gasteiger partial charge in [0.25, 0.3) is 0 Å². The fourth-order valence-corrected chi connectivity index (χ4v) is 8.11. The third-order valence-corrected chi connectivity index (χ3v) is 10.7. The van der Waals surface area contributed by atoms with E-state index in [9.17, 15) is 0 Å². The second-order valence-electron chi connectivity index (χ2n) is 14.1. The van der Waals surface area contributed by atoms with Gasteiger partial charge in [-0.25, -0.2) is 0 Å². The highest BCUT2D eigenvalue weighted by Crippen LogP contribution is 2.37. The first-order valence-electron chi connectivity index (χ1n) is 19.0. The third kappa shape index (κ3) is 5.70. The zero-order valence-corrected chi connectivity index (χ0v) is 30.7. The lowest BCUT2D eigenvalue weighted by atomic mass is 9.98. The van der Waals surface area contributed by atoms with Gasteiger partial charge in [-0.15, -0.1) is 0 Å². The van der Waals surface area contributed by atoms with E-state index in [-0.39, 0.29) is 0 Å². The fourth-order valence-electron chi connectivity index (χ4n) is 8.11. The number of aromatic nitrogens is 5. The highest BCUT2D eigenvalue weighted by atomic mass is 16.5. The van der Waals surface area contributed by atoms with Gasteiger partial charge in [-0.2, -0.15) is 0 Å². The molecular weight excluding hydrogens is 699 g/mol. The van der Waals surface area contributed by atoms with Gasteiger partial charge >= 0.3 is 0 Å². The van der Waals surface area contributed by atoms with Gasteiger partial charge in [0.1, 0.15) is 11.5 Å². The van der Waals surface area contributed by atoms with Crippen molar-refractivity contribution in [2.24, 2.45) is 0 Å². The van der Waals surface area contributed by atoms with Gasteiger partial charge in [-0.3, -0.25) is 15.0 Å². The number of para-hydroxylation sites is 2. The van der Waals surface area contributed by atoms with E-state index >= 15 is 0 Å². The smallest absolute Gasteiger partial charge is 0.128 e. The Hall–Kier alpha value is -7.83. The van der Waals surface area contributed by atoms with Crippen molar-refractivity contribution >= 4 is 43.9 Å². The molecule has 0 amide bonds. The molecule has 0 unspecified atom stereocenters. The van der Waals surface area contributed by atoms with E-state index in [1.54, 1.807) is 0 Å².